The van der Waals surface area contributed by atoms with Gasteiger partial charge >= 0.3 is 5.97 Å². The number of carboxylic acid groups (broad SMARTS) is 1. The van der Waals surface area contributed by atoms with Crippen molar-refractivity contribution in [2.24, 2.45) is 0 Å². The summed E-state index contributed by atoms with van der Waals surface area (Å²) in [5, 5.41) is 18.0. The first kappa shape index (κ1) is 18.1. The lowest BCUT2D eigenvalue weighted by atomic mass is 10.0. The van der Waals surface area contributed by atoms with Gasteiger partial charge in [-0.05, 0) is 60.8 Å². The van der Waals surface area contributed by atoms with Crippen LogP contribution in [0.5, 0.6) is 0 Å². The Bertz CT molecular complexity index is 655. The number of rotatable bonds is 6. The molecule has 0 spiro atoms. The highest BCUT2D eigenvalue weighted by Crippen LogP contribution is 2.28. The SMILES string of the molecule is Cc1cc(C(=O)O)cc(S(=O)(=O)NC(C)(C)CCO)c1Br. The molecular weight excluding hydrogens is 362 g/mol. The normalized spacial score (nSPS) is 12.4. The summed E-state index contributed by atoms with van der Waals surface area (Å²) in [7, 11) is -3.92. The van der Waals surface area contributed by atoms with Crippen molar-refractivity contribution in [1.29, 1.82) is 0 Å². The molecule has 0 aliphatic rings. The van der Waals surface area contributed by atoms with Crippen LogP contribution in [0.2, 0.25) is 0 Å². The molecule has 1 aromatic rings. The van der Waals surface area contributed by atoms with Gasteiger partial charge in [-0.1, -0.05) is 0 Å². The van der Waals surface area contributed by atoms with Crippen molar-refractivity contribution in [3.63, 3.8) is 0 Å². The Hall–Kier alpha value is -0.960. The summed E-state index contributed by atoms with van der Waals surface area (Å²) in [6, 6.07) is 2.50. The van der Waals surface area contributed by atoms with Gasteiger partial charge in [0.1, 0.15) is 0 Å². The molecule has 3 N–H and O–H groups in total. The third-order valence-corrected chi connectivity index (χ3v) is 5.94. The van der Waals surface area contributed by atoms with Gasteiger partial charge in [-0.3, -0.25) is 0 Å². The van der Waals surface area contributed by atoms with Gasteiger partial charge in [0.05, 0.1) is 10.5 Å². The van der Waals surface area contributed by atoms with Crippen LogP contribution in [0.4, 0.5) is 0 Å². The van der Waals surface area contributed by atoms with E-state index in [2.05, 4.69) is 20.7 Å². The van der Waals surface area contributed by atoms with Crippen LogP contribution in [0.1, 0.15) is 36.2 Å². The fourth-order valence-electron chi connectivity index (χ4n) is 1.81. The number of nitrogens with one attached hydrogen (secondary N) is 1. The molecule has 0 aliphatic heterocycles. The third-order valence-electron chi connectivity index (χ3n) is 2.91. The van der Waals surface area contributed by atoms with Gasteiger partial charge in [-0.25, -0.2) is 17.9 Å². The topological polar surface area (TPSA) is 104 Å². The van der Waals surface area contributed by atoms with Crippen LogP contribution < -0.4 is 4.72 Å². The zero-order valence-corrected chi connectivity index (χ0v) is 14.4. The van der Waals surface area contributed by atoms with Crippen LogP contribution in [0.25, 0.3) is 0 Å². The number of carbonyl (C=O) groups is 1. The smallest absolute Gasteiger partial charge is 0.335 e. The number of aliphatic hydroxyl groups is 1. The van der Waals surface area contributed by atoms with E-state index in [1.165, 1.54) is 6.07 Å². The minimum atomic E-state index is -3.92. The number of sulfonamides is 1. The van der Waals surface area contributed by atoms with E-state index in [1.54, 1.807) is 20.8 Å². The van der Waals surface area contributed by atoms with Gasteiger partial charge in [0, 0.05) is 16.6 Å². The molecule has 21 heavy (non-hydrogen) atoms. The molecule has 1 rings (SSSR count). The molecule has 6 nitrogen and oxygen atoms in total. The number of aromatic carboxylic acids is 1. The van der Waals surface area contributed by atoms with Crippen LogP contribution in [0.3, 0.4) is 0 Å². The van der Waals surface area contributed by atoms with Crippen LogP contribution in [-0.4, -0.2) is 36.7 Å². The van der Waals surface area contributed by atoms with E-state index in [-0.39, 0.29) is 23.5 Å². The van der Waals surface area contributed by atoms with Crippen molar-refractivity contribution >= 4 is 31.9 Å². The van der Waals surface area contributed by atoms with Gasteiger partial charge in [0.2, 0.25) is 10.0 Å². The highest BCUT2D eigenvalue weighted by Gasteiger charge is 2.28. The van der Waals surface area contributed by atoms with E-state index in [4.69, 9.17) is 10.2 Å². The Morgan fingerprint density at radius 2 is 1.95 bits per heavy atom. The molecule has 0 atom stereocenters. The van der Waals surface area contributed by atoms with Crippen molar-refractivity contribution in [2.45, 2.75) is 37.6 Å². The van der Waals surface area contributed by atoms with Gasteiger partial charge in [0.15, 0.2) is 0 Å². The lowest BCUT2D eigenvalue weighted by Crippen LogP contribution is -2.44. The Labute approximate surface area is 132 Å². The Morgan fingerprint density at radius 1 is 1.38 bits per heavy atom. The molecule has 0 bridgehead atoms. The molecule has 0 fully saturated rings. The monoisotopic (exact) mass is 379 g/mol. The molecule has 0 amide bonds. The minimum absolute atomic E-state index is 0.101. The first-order valence-electron chi connectivity index (χ1n) is 6.18. The summed E-state index contributed by atoms with van der Waals surface area (Å²) in [5.74, 6) is -1.20. The van der Waals surface area contributed by atoms with Crippen molar-refractivity contribution < 1.29 is 23.4 Å². The van der Waals surface area contributed by atoms with Crippen molar-refractivity contribution in [3.05, 3.63) is 27.7 Å². The molecule has 1 aromatic carbocycles. The predicted octanol–water partition coefficient (Wildman–Crippen LogP) is 1.90. The van der Waals surface area contributed by atoms with Crippen molar-refractivity contribution in [2.75, 3.05) is 6.61 Å². The molecule has 0 unspecified atom stereocenters. The summed E-state index contributed by atoms with van der Waals surface area (Å²) >= 11 is 3.18. The fraction of sp³-hybridized carbons (Fsp3) is 0.462. The first-order chi connectivity index (χ1) is 9.50. The quantitative estimate of drug-likeness (QED) is 0.699. The maximum atomic E-state index is 12.5. The van der Waals surface area contributed by atoms with E-state index in [1.807, 2.05) is 0 Å². The Morgan fingerprint density at radius 3 is 2.43 bits per heavy atom. The number of hydrogen-bond acceptors (Lipinski definition) is 4. The van der Waals surface area contributed by atoms with E-state index in [9.17, 15) is 13.2 Å². The van der Waals surface area contributed by atoms with Crippen LogP contribution in [0, 0.1) is 6.92 Å². The number of aliphatic hydroxyl groups excluding tert-OH is 1. The number of aryl methyl sites for hydroxylation is 1. The molecule has 0 aliphatic carbocycles. The first-order valence-corrected chi connectivity index (χ1v) is 8.46. The maximum Gasteiger partial charge on any atom is 0.335 e. The van der Waals surface area contributed by atoms with Gasteiger partial charge in [-0.15, -0.1) is 0 Å². The average Bonchev–Trinajstić information content (AvgIpc) is 2.30. The second-order valence-corrected chi connectivity index (χ2v) is 7.82. The van der Waals surface area contributed by atoms with Gasteiger partial charge < -0.3 is 10.2 Å². The zero-order chi connectivity index (χ0) is 16.4. The lowest BCUT2D eigenvalue weighted by molar-refractivity contribution is 0.0696. The molecule has 8 heteroatoms. The van der Waals surface area contributed by atoms with Crippen molar-refractivity contribution in [1.82, 2.24) is 4.72 Å². The minimum Gasteiger partial charge on any atom is -0.478 e. The predicted molar refractivity (Wildman–Crippen MR) is 81.9 cm³/mol. The maximum absolute atomic E-state index is 12.5. The molecule has 0 aromatic heterocycles. The van der Waals surface area contributed by atoms with Crippen LogP contribution in [-0.2, 0) is 10.0 Å². The number of halogens is 1. The van der Waals surface area contributed by atoms with Crippen molar-refractivity contribution in [3.8, 4) is 0 Å². The lowest BCUT2D eigenvalue weighted by Gasteiger charge is -2.25. The summed E-state index contributed by atoms with van der Waals surface area (Å²) < 4.78 is 27.7. The molecule has 0 saturated heterocycles. The Balaban J connectivity index is 3.35. The molecule has 0 radical (unpaired) electrons. The zero-order valence-electron chi connectivity index (χ0n) is 12.0. The van der Waals surface area contributed by atoms with Gasteiger partial charge in [-0.2, -0.15) is 0 Å². The van der Waals surface area contributed by atoms with E-state index < -0.39 is 21.5 Å². The summed E-state index contributed by atoms with van der Waals surface area (Å²) in [6.45, 7) is 4.74. The number of benzene rings is 1. The van der Waals surface area contributed by atoms with Gasteiger partial charge in [0.25, 0.3) is 0 Å². The summed E-state index contributed by atoms with van der Waals surface area (Å²) in [5.41, 5.74) is -0.438. The highest BCUT2D eigenvalue weighted by molar-refractivity contribution is 9.10. The summed E-state index contributed by atoms with van der Waals surface area (Å²) in [4.78, 5) is 10.9. The molecule has 118 valence electrons. The molecular formula is C13H18BrNO5S. The average molecular weight is 380 g/mol. The van der Waals surface area contributed by atoms with E-state index in [0.717, 1.165) is 6.07 Å². The second kappa shape index (κ2) is 6.43. The summed E-state index contributed by atoms with van der Waals surface area (Å²) in [6.07, 6.45) is 0.238. The molecule has 0 heterocycles. The molecule has 0 saturated carbocycles. The second-order valence-electron chi connectivity index (χ2n) is 5.37. The number of hydrogen-bond donors (Lipinski definition) is 3. The van der Waals surface area contributed by atoms with E-state index in [0.29, 0.717) is 10.0 Å². The fourth-order valence-corrected chi connectivity index (χ4v) is 4.29. The third kappa shape index (κ3) is 4.50. The van der Waals surface area contributed by atoms with Crippen LogP contribution >= 0.6 is 15.9 Å². The number of carboxylic acids is 1. The Kier molecular flexibility index (Phi) is 5.54. The standard InChI is InChI=1S/C13H18BrNO5S/c1-8-6-9(12(17)18)7-10(11(8)14)21(19,20)15-13(2,3)4-5-16/h6-7,15-16H,4-5H2,1-3H3,(H,17,18). The highest BCUT2D eigenvalue weighted by atomic mass is 79.9. The van der Waals surface area contributed by atoms with Crippen LogP contribution in [0.15, 0.2) is 21.5 Å². The largest absolute Gasteiger partial charge is 0.478 e. The van der Waals surface area contributed by atoms with E-state index >= 15 is 0 Å².